The lowest BCUT2D eigenvalue weighted by atomic mass is 9.95. The second-order valence-electron chi connectivity index (χ2n) is 5.18. The van der Waals surface area contributed by atoms with Gasteiger partial charge >= 0.3 is 6.18 Å². The summed E-state index contributed by atoms with van der Waals surface area (Å²) < 4.78 is 37.2. The number of alkyl halides is 3. The lowest BCUT2D eigenvalue weighted by Crippen LogP contribution is -2.26. The zero-order valence-electron chi connectivity index (χ0n) is 11.5. The van der Waals surface area contributed by atoms with Crippen LogP contribution in [-0.4, -0.2) is 11.2 Å². The topological polar surface area (TPSA) is 46.2 Å². The Kier molecular flexibility index (Phi) is 7.55. The molecular weight excluding hydrogens is 291 g/mol. The maximum absolute atomic E-state index is 12.4. The van der Waals surface area contributed by atoms with Crippen LogP contribution < -0.4 is 5.73 Å². The zero-order valence-corrected chi connectivity index (χ0v) is 12.3. The Labute approximate surface area is 123 Å². The van der Waals surface area contributed by atoms with Gasteiger partial charge in [0.2, 0.25) is 0 Å². The maximum Gasteiger partial charge on any atom is 0.416 e. The van der Waals surface area contributed by atoms with Crippen LogP contribution >= 0.6 is 12.4 Å². The fourth-order valence-corrected chi connectivity index (χ4v) is 1.80. The standard InChI is InChI=1S/C14H20F3NO.ClH/c1-9(2)3-8-12(19)13(18)10-4-6-11(7-5-10)14(15,16)17;/h4-7,9,12-13,19H,3,8,18H2,1-2H3;1H/t12-,13+;/m1./s1. The number of aliphatic hydroxyl groups is 1. The summed E-state index contributed by atoms with van der Waals surface area (Å²) >= 11 is 0. The number of rotatable bonds is 5. The average molecular weight is 312 g/mol. The Morgan fingerprint density at radius 3 is 2.00 bits per heavy atom. The summed E-state index contributed by atoms with van der Waals surface area (Å²) in [4.78, 5) is 0. The van der Waals surface area contributed by atoms with Gasteiger partial charge in [-0.05, 0) is 36.5 Å². The largest absolute Gasteiger partial charge is 0.416 e. The van der Waals surface area contributed by atoms with Crippen molar-refractivity contribution in [3.63, 3.8) is 0 Å². The van der Waals surface area contributed by atoms with E-state index < -0.39 is 23.9 Å². The van der Waals surface area contributed by atoms with Gasteiger partial charge in [0.25, 0.3) is 0 Å². The number of benzene rings is 1. The van der Waals surface area contributed by atoms with Gasteiger partial charge in [-0.15, -0.1) is 12.4 Å². The van der Waals surface area contributed by atoms with Gasteiger partial charge in [0, 0.05) is 0 Å². The lowest BCUT2D eigenvalue weighted by molar-refractivity contribution is -0.137. The monoisotopic (exact) mass is 311 g/mol. The average Bonchev–Trinajstić information content (AvgIpc) is 2.34. The van der Waals surface area contributed by atoms with Crippen LogP contribution in [0.25, 0.3) is 0 Å². The van der Waals surface area contributed by atoms with Gasteiger partial charge in [-0.25, -0.2) is 0 Å². The summed E-state index contributed by atoms with van der Waals surface area (Å²) in [6.45, 7) is 4.08. The molecule has 0 saturated carbocycles. The van der Waals surface area contributed by atoms with Gasteiger partial charge in [0.1, 0.15) is 0 Å². The molecule has 0 heterocycles. The molecule has 0 aliphatic carbocycles. The Hall–Kier alpha value is -0.780. The summed E-state index contributed by atoms with van der Waals surface area (Å²) in [6.07, 6.45) is -3.71. The molecule has 0 spiro atoms. The van der Waals surface area contributed by atoms with E-state index in [1.54, 1.807) is 0 Å². The van der Waals surface area contributed by atoms with Gasteiger partial charge in [-0.3, -0.25) is 0 Å². The number of halogens is 4. The molecule has 0 radical (unpaired) electrons. The molecule has 2 atom stereocenters. The van der Waals surface area contributed by atoms with Crippen LogP contribution in [0.5, 0.6) is 0 Å². The van der Waals surface area contributed by atoms with E-state index in [1.165, 1.54) is 12.1 Å². The highest BCUT2D eigenvalue weighted by Gasteiger charge is 2.30. The van der Waals surface area contributed by atoms with Crippen molar-refractivity contribution in [3.8, 4) is 0 Å². The number of hydrogen-bond donors (Lipinski definition) is 2. The fraction of sp³-hybridized carbons (Fsp3) is 0.571. The third-order valence-electron chi connectivity index (χ3n) is 3.08. The molecule has 20 heavy (non-hydrogen) atoms. The van der Waals surface area contributed by atoms with E-state index >= 15 is 0 Å². The molecule has 0 bridgehead atoms. The number of aliphatic hydroxyl groups excluding tert-OH is 1. The Bertz CT molecular complexity index is 392. The highest BCUT2D eigenvalue weighted by atomic mass is 35.5. The van der Waals surface area contributed by atoms with E-state index in [-0.39, 0.29) is 12.4 Å². The molecule has 1 aromatic rings. The molecule has 0 aromatic heterocycles. The van der Waals surface area contributed by atoms with Crippen LogP contribution in [-0.2, 0) is 6.18 Å². The van der Waals surface area contributed by atoms with Crippen molar-refractivity contribution >= 4 is 12.4 Å². The predicted octanol–water partition coefficient (Wildman–Crippen LogP) is 3.92. The van der Waals surface area contributed by atoms with Gasteiger partial charge in [-0.1, -0.05) is 26.0 Å². The van der Waals surface area contributed by atoms with Crippen molar-refractivity contribution in [3.05, 3.63) is 35.4 Å². The second kappa shape index (κ2) is 7.86. The van der Waals surface area contributed by atoms with Gasteiger partial charge in [-0.2, -0.15) is 13.2 Å². The van der Waals surface area contributed by atoms with Crippen molar-refractivity contribution in [2.24, 2.45) is 11.7 Å². The van der Waals surface area contributed by atoms with E-state index in [1.807, 2.05) is 13.8 Å². The van der Waals surface area contributed by atoms with E-state index in [2.05, 4.69) is 0 Å². The molecule has 0 saturated heterocycles. The van der Waals surface area contributed by atoms with Crippen molar-refractivity contribution in [1.29, 1.82) is 0 Å². The van der Waals surface area contributed by atoms with E-state index in [0.29, 0.717) is 17.9 Å². The highest BCUT2D eigenvalue weighted by Crippen LogP contribution is 2.30. The second-order valence-corrected chi connectivity index (χ2v) is 5.18. The molecule has 6 heteroatoms. The van der Waals surface area contributed by atoms with Crippen molar-refractivity contribution in [1.82, 2.24) is 0 Å². The van der Waals surface area contributed by atoms with E-state index in [0.717, 1.165) is 18.6 Å². The first-order chi connectivity index (χ1) is 8.71. The first-order valence-electron chi connectivity index (χ1n) is 6.32. The third-order valence-corrected chi connectivity index (χ3v) is 3.08. The highest BCUT2D eigenvalue weighted by molar-refractivity contribution is 5.85. The summed E-state index contributed by atoms with van der Waals surface area (Å²) in [7, 11) is 0. The lowest BCUT2D eigenvalue weighted by Gasteiger charge is -2.20. The molecule has 0 aliphatic rings. The smallest absolute Gasteiger partial charge is 0.391 e. The minimum Gasteiger partial charge on any atom is -0.391 e. The summed E-state index contributed by atoms with van der Waals surface area (Å²) in [5, 5.41) is 9.90. The normalized spacial score (nSPS) is 14.8. The van der Waals surface area contributed by atoms with Crippen LogP contribution in [0.1, 0.15) is 43.9 Å². The first-order valence-corrected chi connectivity index (χ1v) is 6.32. The van der Waals surface area contributed by atoms with Gasteiger partial charge in [0.05, 0.1) is 17.7 Å². The molecule has 0 amide bonds. The molecule has 0 fully saturated rings. The van der Waals surface area contributed by atoms with Crippen LogP contribution in [0.4, 0.5) is 13.2 Å². The van der Waals surface area contributed by atoms with Crippen LogP contribution in [0.3, 0.4) is 0 Å². The minimum absolute atomic E-state index is 0. The molecule has 116 valence electrons. The SMILES string of the molecule is CC(C)CC[C@@H](O)[C@@H](N)c1ccc(C(F)(F)F)cc1.Cl. The number of nitrogens with two attached hydrogens (primary N) is 1. The predicted molar refractivity (Wildman–Crippen MR) is 75.7 cm³/mol. The van der Waals surface area contributed by atoms with Crippen molar-refractivity contribution in [2.45, 2.75) is 45.0 Å². The first kappa shape index (κ1) is 19.2. The van der Waals surface area contributed by atoms with Crippen molar-refractivity contribution in [2.75, 3.05) is 0 Å². The Balaban J connectivity index is 0.00000361. The number of hydrogen-bond acceptors (Lipinski definition) is 2. The molecule has 1 aromatic carbocycles. The summed E-state index contributed by atoms with van der Waals surface area (Å²) in [5.74, 6) is 0.453. The zero-order chi connectivity index (χ0) is 14.6. The molecule has 0 aliphatic heterocycles. The van der Waals surface area contributed by atoms with Crippen molar-refractivity contribution < 1.29 is 18.3 Å². The summed E-state index contributed by atoms with van der Waals surface area (Å²) in [6, 6.07) is 3.98. The van der Waals surface area contributed by atoms with Gasteiger partial charge in [0.15, 0.2) is 0 Å². The molecule has 2 nitrogen and oxygen atoms in total. The minimum atomic E-state index is -4.35. The van der Waals surface area contributed by atoms with Gasteiger partial charge < -0.3 is 10.8 Å². The molecular formula is C14H21ClF3NO. The van der Waals surface area contributed by atoms with Crippen LogP contribution in [0.15, 0.2) is 24.3 Å². The Morgan fingerprint density at radius 1 is 1.10 bits per heavy atom. The van der Waals surface area contributed by atoms with E-state index in [9.17, 15) is 18.3 Å². The quantitative estimate of drug-likeness (QED) is 0.865. The molecule has 1 rings (SSSR count). The fourth-order valence-electron chi connectivity index (χ4n) is 1.80. The van der Waals surface area contributed by atoms with Crippen LogP contribution in [0, 0.1) is 5.92 Å². The molecule has 3 N–H and O–H groups in total. The Morgan fingerprint density at radius 2 is 1.60 bits per heavy atom. The van der Waals surface area contributed by atoms with E-state index in [4.69, 9.17) is 5.73 Å². The third kappa shape index (κ3) is 5.69. The summed E-state index contributed by atoms with van der Waals surface area (Å²) in [5.41, 5.74) is 5.66. The molecule has 0 unspecified atom stereocenters. The van der Waals surface area contributed by atoms with Crippen LogP contribution in [0.2, 0.25) is 0 Å². The maximum atomic E-state index is 12.4.